The highest BCUT2D eigenvalue weighted by Gasteiger charge is 2.23. The Morgan fingerprint density at radius 2 is 2.00 bits per heavy atom. The topological polar surface area (TPSA) is 41.6 Å². The van der Waals surface area contributed by atoms with E-state index in [9.17, 15) is 0 Å². The van der Waals surface area contributed by atoms with Crippen molar-refractivity contribution in [3.8, 4) is 0 Å². The van der Waals surface area contributed by atoms with Crippen molar-refractivity contribution in [1.29, 1.82) is 0 Å². The summed E-state index contributed by atoms with van der Waals surface area (Å²) in [6.45, 7) is 4.26. The Morgan fingerprint density at radius 3 is 2.50 bits per heavy atom. The van der Waals surface area contributed by atoms with Crippen LogP contribution in [0.2, 0.25) is 0 Å². The van der Waals surface area contributed by atoms with Crippen molar-refractivity contribution < 1.29 is 0 Å². The fourth-order valence-electron chi connectivity index (χ4n) is 2.37. The van der Waals surface area contributed by atoms with Crippen molar-refractivity contribution in [3.05, 3.63) is 11.6 Å². The maximum Gasteiger partial charge on any atom is 0.153 e. The SMILES string of the molecule is CCC1CCC(c2n[nH]c(C)n2)CC1. The molecule has 1 saturated carbocycles. The van der Waals surface area contributed by atoms with Crippen molar-refractivity contribution >= 4 is 0 Å². The first-order valence-corrected chi connectivity index (χ1v) is 5.68. The first-order chi connectivity index (χ1) is 6.79. The molecule has 2 rings (SSSR count). The van der Waals surface area contributed by atoms with Gasteiger partial charge >= 0.3 is 0 Å². The van der Waals surface area contributed by atoms with Crippen LogP contribution in [0, 0.1) is 12.8 Å². The first kappa shape index (κ1) is 9.69. The largest absolute Gasteiger partial charge is 0.263 e. The molecule has 1 heterocycles. The van der Waals surface area contributed by atoms with Crippen LogP contribution in [0.1, 0.15) is 56.6 Å². The molecule has 1 aromatic rings. The highest BCUT2D eigenvalue weighted by atomic mass is 15.2. The summed E-state index contributed by atoms with van der Waals surface area (Å²) in [4.78, 5) is 4.42. The molecule has 1 aromatic heterocycles. The summed E-state index contributed by atoms with van der Waals surface area (Å²) < 4.78 is 0. The normalized spacial score (nSPS) is 27.9. The van der Waals surface area contributed by atoms with Gasteiger partial charge in [-0.05, 0) is 38.5 Å². The molecule has 1 aliphatic rings. The van der Waals surface area contributed by atoms with Gasteiger partial charge in [0.05, 0.1) is 0 Å². The van der Waals surface area contributed by atoms with Gasteiger partial charge in [0.2, 0.25) is 0 Å². The molecule has 1 N–H and O–H groups in total. The number of aryl methyl sites for hydroxylation is 1. The van der Waals surface area contributed by atoms with E-state index in [-0.39, 0.29) is 0 Å². The molecule has 0 radical (unpaired) electrons. The number of rotatable bonds is 2. The van der Waals surface area contributed by atoms with Crippen LogP contribution in [0.15, 0.2) is 0 Å². The summed E-state index contributed by atoms with van der Waals surface area (Å²) in [5, 5.41) is 7.18. The molecule has 1 fully saturated rings. The molecule has 3 nitrogen and oxygen atoms in total. The van der Waals surface area contributed by atoms with E-state index < -0.39 is 0 Å². The second kappa shape index (κ2) is 4.11. The van der Waals surface area contributed by atoms with Gasteiger partial charge in [0.1, 0.15) is 5.82 Å². The summed E-state index contributed by atoms with van der Waals surface area (Å²) in [6, 6.07) is 0. The van der Waals surface area contributed by atoms with Gasteiger partial charge in [-0.25, -0.2) is 4.98 Å². The van der Waals surface area contributed by atoms with Crippen molar-refractivity contribution in [2.45, 2.75) is 51.9 Å². The van der Waals surface area contributed by atoms with E-state index in [1.165, 1.54) is 32.1 Å². The number of aromatic amines is 1. The maximum absolute atomic E-state index is 4.42. The smallest absolute Gasteiger partial charge is 0.153 e. The third-order valence-electron chi connectivity index (χ3n) is 3.40. The molecule has 0 aromatic carbocycles. The number of hydrogen-bond acceptors (Lipinski definition) is 2. The Hall–Kier alpha value is -0.860. The van der Waals surface area contributed by atoms with E-state index in [1.54, 1.807) is 0 Å². The monoisotopic (exact) mass is 193 g/mol. The van der Waals surface area contributed by atoms with Crippen LogP contribution in [0.5, 0.6) is 0 Å². The van der Waals surface area contributed by atoms with E-state index in [1.807, 2.05) is 6.92 Å². The lowest BCUT2D eigenvalue weighted by molar-refractivity contribution is 0.312. The van der Waals surface area contributed by atoms with Gasteiger partial charge in [0, 0.05) is 5.92 Å². The molecule has 14 heavy (non-hydrogen) atoms. The zero-order valence-electron chi connectivity index (χ0n) is 9.08. The molecule has 78 valence electrons. The minimum absolute atomic E-state index is 0.614. The zero-order valence-corrected chi connectivity index (χ0v) is 9.08. The minimum Gasteiger partial charge on any atom is -0.263 e. The van der Waals surface area contributed by atoms with Gasteiger partial charge < -0.3 is 0 Å². The van der Waals surface area contributed by atoms with Gasteiger partial charge in [-0.3, -0.25) is 5.10 Å². The molecule has 0 saturated heterocycles. The van der Waals surface area contributed by atoms with E-state index in [4.69, 9.17) is 0 Å². The Labute approximate surface area is 85.3 Å². The van der Waals surface area contributed by atoms with Crippen LogP contribution in [0.25, 0.3) is 0 Å². The van der Waals surface area contributed by atoms with Gasteiger partial charge in [-0.15, -0.1) is 0 Å². The van der Waals surface area contributed by atoms with Crippen LogP contribution in [-0.2, 0) is 0 Å². The number of nitrogens with one attached hydrogen (secondary N) is 1. The summed E-state index contributed by atoms with van der Waals surface area (Å²) >= 11 is 0. The summed E-state index contributed by atoms with van der Waals surface area (Å²) in [6.07, 6.45) is 6.59. The average Bonchev–Trinajstić information content (AvgIpc) is 2.65. The van der Waals surface area contributed by atoms with Crippen molar-refractivity contribution in [1.82, 2.24) is 15.2 Å². The van der Waals surface area contributed by atoms with E-state index >= 15 is 0 Å². The third kappa shape index (κ3) is 1.97. The molecular weight excluding hydrogens is 174 g/mol. The molecule has 0 aliphatic heterocycles. The Balaban J connectivity index is 1.95. The molecule has 0 unspecified atom stereocenters. The molecule has 0 bridgehead atoms. The second-order valence-electron chi connectivity index (χ2n) is 4.40. The minimum atomic E-state index is 0.614. The fourth-order valence-corrected chi connectivity index (χ4v) is 2.37. The highest BCUT2D eigenvalue weighted by Crippen LogP contribution is 2.35. The standard InChI is InChI=1S/C11H19N3/c1-3-9-4-6-10(7-5-9)11-12-8(2)13-14-11/h9-10H,3-7H2,1-2H3,(H,12,13,14). The zero-order chi connectivity index (χ0) is 9.97. The number of H-pyrrole nitrogens is 1. The Morgan fingerprint density at radius 1 is 1.29 bits per heavy atom. The molecular formula is C11H19N3. The lowest BCUT2D eigenvalue weighted by atomic mass is 9.80. The quantitative estimate of drug-likeness (QED) is 0.784. The molecule has 0 amide bonds. The van der Waals surface area contributed by atoms with Gasteiger partial charge in [-0.1, -0.05) is 13.3 Å². The van der Waals surface area contributed by atoms with E-state index in [0.717, 1.165) is 17.6 Å². The lowest BCUT2D eigenvalue weighted by Crippen LogP contribution is -2.13. The molecule has 1 aliphatic carbocycles. The second-order valence-corrected chi connectivity index (χ2v) is 4.40. The van der Waals surface area contributed by atoms with Gasteiger partial charge in [-0.2, -0.15) is 5.10 Å². The summed E-state index contributed by atoms with van der Waals surface area (Å²) in [5.41, 5.74) is 0. The predicted octanol–water partition coefficient (Wildman–Crippen LogP) is 2.80. The predicted molar refractivity (Wildman–Crippen MR) is 56.1 cm³/mol. The van der Waals surface area contributed by atoms with Crippen molar-refractivity contribution in [2.24, 2.45) is 5.92 Å². The lowest BCUT2D eigenvalue weighted by Gasteiger charge is -2.25. The molecule has 0 spiro atoms. The first-order valence-electron chi connectivity index (χ1n) is 5.68. The van der Waals surface area contributed by atoms with Crippen LogP contribution in [0.4, 0.5) is 0 Å². The molecule has 0 atom stereocenters. The number of aromatic nitrogens is 3. The van der Waals surface area contributed by atoms with Gasteiger partial charge in [0.15, 0.2) is 5.82 Å². The van der Waals surface area contributed by atoms with Crippen LogP contribution >= 0.6 is 0 Å². The van der Waals surface area contributed by atoms with Crippen LogP contribution in [-0.4, -0.2) is 15.2 Å². The Bertz CT molecular complexity index is 284. The maximum atomic E-state index is 4.42. The van der Waals surface area contributed by atoms with Crippen molar-refractivity contribution in [3.63, 3.8) is 0 Å². The third-order valence-corrected chi connectivity index (χ3v) is 3.40. The highest BCUT2D eigenvalue weighted by molar-refractivity contribution is 4.98. The Kier molecular flexibility index (Phi) is 2.85. The number of hydrogen-bond donors (Lipinski definition) is 1. The average molecular weight is 193 g/mol. The molecule has 3 heteroatoms. The van der Waals surface area contributed by atoms with E-state index in [0.29, 0.717) is 5.92 Å². The van der Waals surface area contributed by atoms with Crippen LogP contribution < -0.4 is 0 Å². The fraction of sp³-hybridized carbons (Fsp3) is 0.818. The number of nitrogens with zero attached hydrogens (tertiary/aromatic N) is 2. The van der Waals surface area contributed by atoms with Crippen molar-refractivity contribution in [2.75, 3.05) is 0 Å². The summed E-state index contributed by atoms with van der Waals surface area (Å²) in [7, 11) is 0. The van der Waals surface area contributed by atoms with E-state index in [2.05, 4.69) is 22.1 Å². The van der Waals surface area contributed by atoms with Crippen LogP contribution in [0.3, 0.4) is 0 Å². The van der Waals surface area contributed by atoms with Gasteiger partial charge in [0.25, 0.3) is 0 Å². The summed E-state index contributed by atoms with van der Waals surface area (Å²) in [5.74, 6) is 3.55.